The van der Waals surface area contributed by atoms with Gasteiger partial charge in [0.25, 0.3) is 0 Å². The smallest absolute Gasteiger partial charge is 0 e. The van der Waals surface area contributed by atoms with Crippen LogP contribution in [0.4, 0.5) is 0 Å². The fraction of sp³-hybridized carbons (Fsp3) is 0. The Morgan fingerprint density at radius 3 is 0.500 bits per heavy atom. The van der Waals surface area contributed by atoms with Gasteiger partial charge in [0.2, 0.25) is 0 Å². The maximum atomic E-state index is 0. The number of hydrogen-bond donors (Lipinski definition) is 0. The Hall–Kier alpha value is 2.69. The molecule has 0 atom stereocenters. The molecule has 0 nitrogen and oxygen atoms in total. The van der Waals surface area contributed by atoms with Gasteiger partial charge in [-0.25, -0.2) is 0 Å². The zero-order valence-corrected chi connectivity index (χ0v) is 9.74. The molecular weight excluding hydrogens is 688 g/mol. The third-order valence-electron chi connectivity index (χ3n) is 0. The predicted octanol–water partition coefficient (Wildman–Crippen LogP) is -0.0100. The van der Waals surface area contributed by atoms with E-state index in [1.165, 1.54) is 0 Å². The molecule has 1 radical (unpaired) electrons. The van der Waals surface area contributed by atoms with Crippen molar-refractivity contribution in [3.05, 3.63) is 0 Å². The second-order valence-corrected chi connectivity index (χ2v) is 0. The van der Waals surface area contributed by atoms with Crippen LogP contribution in [0.15, 0.2) is 0 Å². The predicted molar refractivity (Wildman–Crippen MR) is 0 cm³/mol. The Bertz CT molecular complexity index is 3.25. The normalized spacial score (nSPS) is 0. The molecule has 0 aromatic carbocycles. The standard InChI is InChI=1S/3Pt.Rh. The Balaban J connectivity index is 0. The van der Waals surface area contributed by atoms with Crippen LogP contribution in [0.1, 0.15) is 0 Å². The molecule has 39 valence electrons. The van der Waals surface area contributed by atoms with Crippen molar-refractivity contribution in [1.82, 2.24) is 0 Å². The molecule has 0 rings (SSSR count). The average Bonchev–Trinajstić information content (AvgIpc) is 0. The van der Waals surface area contributed by atoms with E-state index < -0.39 is 0 Å². The van der Waals surface area contributed by atoms with E-state index in [9.17, 15) is 0 Å². The van der Waals surface area contributed by atoms with Crippen molar-refractivity contribution in [3.63, 3.8) is 0 Å². The molecular formula is Pt3Rh. The summed E-state index contributed by atoms with van der Waals surface area (Å²) in [5.41, 5.74) is 0. The van der Waals surface area contributed by atoms with Crippen LogP contribution in [0.25, 0.3) is 0 Å². The van der Waals surface area contributed by atoms with Gasteiger partial charge >= 0.3 is 0 Å². The summed E-state index contributed by atoms with van der Waals surface area (Å²) in [6, 6.07) is 0. The second-order valence-electron chi connectivity index (χ2n) is 0. The van der Waals surface area contributed by atoms with Gasteiger partial charge < -0.3 is 0 Å². The van der Waals surface area contributed by atoms with Crippen LogP contribution in [0.3, 0.4) is 0 Å². The van der Waals surface area contributed by atoms with E-state index in [1.807, 2.05) is 0 Å². The fourth-order valence-electron chi connectivity index (χ4n) is 0. The monoisotopic (exact) mass is 688 g/mol. The van der Waals surface area contributed by atoms with Crippen LogP contribution in [-0.4, -0.2) is 0 Å². The Kier molecular flexibility index (Phi) is 130. The molecule has 0 aliphatic carbocycles. The van der Waals surface area contributed by atoms with Crippen molar-refractivity contribution < 1.29 is 82.7 Å². The van der Waals surface area contributed by atoms with Crippen molar-refractivity contribution in [2.75, 3.05) is 0 Å². The first-order valence-electron chi connectivity index (χ1n) is 0. The summed E-state index contributed by atoms with van der Waals surface area (Å²) in [5, 5.41) is 0. The summed E-state index contributed by atoms with van der Waals surface area (Å²) in [7, 11) is 0. The summed E-state index contributed by atoms with van der Waals surface area (Å²) in [5.74, 6) is 0. The van der Waals surface area contributed by atoms with E-state index in [0.29, 0.717) is 0 Å². The van der Waals surface area contributed by atoms with E-state index in [1.54, 1.807) is 0 Å². The molecule has 0 spiro atoms. The first-order valence-corrected chi connectivity index (χ1v) is 0. The van der Waals surface area contributed by atoms with Gasteiger partial charge in [0.05, 0.1) is 0 Å². The van der Waals surface area contributed by atoms with Gasteiger partial charge in [-0.3, -0.25) is 0 Å². The average molecular weight is 688 g/mol. The molecule has 0 heterocycles. The van der Waals surface area contributed by atoms with Crippen molar-refractivity contribution in [3.8, 4) is 0 Å². The zero-order chi connectivity index (χ0) is 0. The van der Waals surface area contributed by atoms with Gasteiger partial charge in [0, 0.05) is 82.7 Å². The first kappa shape index (κ1) is 29.9. The van der Waals surface area contributed by atoms with Gasteiger partial charge in [-0.1, -0.05) is 0 Å². The van der Waals surface area contributed by atoms with Gasteiger partial charge in [-0.05, 0) is 0 Å². The van der Waals surface area contributed by atoms with Crippen LogP contribution in [-0.2, 0) is 82.7 Å². The van der Waals surface area contributed by atoms with Crippen molar-refractivity contribution in [1.29, 1.82) is 0 Å². The molecule has 0 aliphatic rings. The Morgan fingerprint density at radius 1 is 0.500 bits per heavy atom. The van der Waals surface area contributed by atoms with Crippen LogP contribution >= 0.6 is 0 Å². The molecule has 0 fully saturated rings. The van der Waals surface area contributed by atoms with Crippen molar-refractivity contribution >= 4 is 0 Å². The molecule has 4 heteroatoms. The second kappa shape index (κ2) is 17.3. The van der Waals surface area contributed by atoms with Crippen molar-refractivity contribution in [2.24, 2.45) is 0 Å². The molecule has 0 amide bonds. The topological polar surface area (TPSA) is 0 Å². The van der Waals surface area contributed by atoms with E-state index in [4.69, 9.17) is 0 Å². The van der Waals surface area contributed by atoms with Crippen molar-refractivity contribution in [2.45, 2.75) is 0 Å². The summed E-state index contributed by atoms with van der Waals surface area (Å²) < 4.78 is 0. The fourth-order valence-corrected chi connectivity index (χ4v) is 0. The minimum absolute atomic E-state index is 0. The quantitative estimate of drug-likeness (QED) is 0.315. The third-order valence-corrected chi connectivity index (χ3v) is 0. The Morgan fingerprint density at radius 2 is 0.500 bits per heavy atom. The Labute approximate surface area is 81.4 Å². The maximum absolute atomic E-state index is 0. The minimum atomic E-state index is 0. The SMILES string of the molecule is [Pt].[Pt].[Pt].[Rh]. The molecule has 0 N–H and O–H groups in total. The molecule has 0 aromatic rings. The maximum Gasteiger partial charge on any atom is 0 e. The molecule has 0 saturated carbocycles. The van der Waals surface area contributed by atoms with Gasteiger partial charge in [-0.15, -0.1) is 0 Å². The largest absolute Gasteiger partial charge is 0 e. The van der Waals surface area contributed by atoms with Gasteiger partial charge in [0.15, 0.2) is 0 Å². The van der Waals surface area contributed by atoms with Crippen LogP contribution < -0.4 is 0 Å². The third kappa shape index (κ3) is 8.82. The first-order chi connectivity index (χ1) is 0. The molecule has 0 aliphatic heterocycles. The zero-order valence-electron chi connectivity index (χ0n) is 1.28. The summed E-state index contributed by atoms with van der Waals surface area (Å²) >= 11 is 0. The van der Waals surface area contributed by atoms with E-state index >= 15 is 0 Å². The molecule has 0 bridgehead atoms. The van der Waals surface area contributed by atoms with Gasteiger partial charge in [0.1, 0.15) is 0 Å². The summed E-state index contributed by atoms with van der Waals surface area (Å²) in [6.45, 7) is 0. The summed E-state index contributed by atoms with van der Waals surface area (Å²) in [6.07, 6.45) is 0. The minimum Gasteiger partial charge on any atom is 0 e. The molecule has 0 saturated heterocycles. The molecule has 4 heavy (non-hydrogen) atoms. The number of rotatable bonds is 0. The van der Waals surface area contributed by atoms with E-state index in [-0.39, 0.29) is 82.7 Å². The molecule has 0 aromatic heterocycles. The summed E-state index contributed by atoms with van der Waals surface area (Å²) in [4.78, 5) is 0. The van der Waals surface area contributed by atoms with Crippen LogP contribution in [0.5, 0.6) is 0 Å². The number of hydrogen-bond acceptors (Lipinski definition) is 0. The van der Waals surface area contributed by atoms with Crippen LogP contribution in [0, 0.1) is 0 Å². The molecule has 0 unspecified atom stereocenters. The van der Waals surface area contributed by atoms with Crippen LogP contribution in [0.2, 0.25) is 0 Å². The van der Waals surface area contributed by atoms with E-state index in [2.05, 4.69) is 0 Å². The van der Waals surface area contributed by atoms with E-state index in [0.717, 1.165) is 0 Å². The van der Waals surface area contributed by atoms with Gasteiger partial charge in [-0.2, -0.15) is 0 Å².